The van der Waals surface area contributed by atoms with Gasteiger partial charge in [-0.05, 0) is 13.3 Å². The van der Waals surface area contributed by atoms with Crippen LogP contribution in [0.1, 0.15) is 13.3 Å². The number of carbonyl (C=O) groups is 2. The Balaban J connectivity index is 2.13. The lowest BCUT2D eigenvalue weighted by Crippen LogP contribution is -2.26. The number of hydrogen-bond donors (Lipinski definition) is 0. The minimum absolute atomic E-state index is 0.0871. The van der Waals surface area contributed by atoms with Crippen molar-refractivity contribution in [1.29, 1.82) is 0 Å². The smallest absolute Gasteiger partial charge is 0.323 e. The molecule has 0 N–H and O–H groups in total. The monoisotopic (exact) mass is 170 g/mol. The summed E-state index contributed by atoms with van der Waals surface area (Å²) < 4.78 is 9.55. The summed E-state index contributed by atoms with van der Waals surface area (Å²) in [5.41, 5.74) is -0.893. The van der Waals surface area contributed by atoms with Gasteiger partial charge in [-0.3, -0.25) is 9.59 Å². The zero-order valence-corrected chi connectivity index (χ0v) is 6.83. The summed E-state index contributed by atoms with van der Waals surface area (Å²) in [4.78, 5) is 22.4. The maximum absolute atomic E-state index is 11.3. The van der Waals surface area contributed by atoms with Crippen molar-refractivity contribution in [2.24, 2.45) is 11.3 Å². The van der Waals surface area contributed by atoms with Crippen LogP contribution in [0.2, 0.25) is 0 Å². The van der Waals surface area contributed by atoms with E-state index in [2.05, 4.69) is 0 Å². The van der Waals surface area contributed by atoms with Crippen molar-refractivity contribution in [2.75, 3.05) is 13.2 Å². The van der Waals surface area contributed by atoms with Crippen LogP contribution in [0, 0.1) is 11.3 Å². The Morgan fingerprint density at radius 3 is 3.00 bits per heavy atom. The topological polar surface area (TPSA) is 52.6 Å². The van der Waals surface area contributed by atoms with Gasteiger partial charge < -0.3 is 9.47 Å². The second-order valence-electron chi connectivity index (χ2n) is 3.19. The Bertz CT molecular complexity index is 247. The van der Waals surface area contributed by atoms with E-state index in [1.54, 1.807) is 6.92 Å². The summed E-state index contributed by atoms with van der Waals surface area (Å²) >= 11 is 0. The molecule has 0 radical (unpaired) electrons. The Hall–Kier alpha value is -1.06. The Morgan fingerprint density at radius 2 is 2.58 bits per heavy atom. The van der Waals surface area contributed by atoms with E-state index >= 15 is 0 Å². The predicted octanol–water partition coefficient (Wildman–Crippen LogP) is 0.113. The summed E-state index contributed by atoms with van der Waals surface area (Å²) in [5.74, 6) is -0.715. The lowest BCUT2D eigenvalue weighted by molar-refractivity contribution is -0.159. The normalized spacial score (nSPS) is 37.1. The van der Waals surface area contributed by atoms with Crippen molar-refractivity contribution in [1.82, 2.24) is 0 Å². The first-order valence-electron chi connectivity index (χ1n) is 4.06. The lowest BCUT2D eigenvalue weighted by atomic mass is 10.1. The van der Waals surface area contributed by atoms with Gasteiger partial charge in [0.2, 0.25) is 0 Å². The van der Waals surface area contributed by atoms with Crippen molar-refractivity contribution in [3.05, 3.63) is 0 Å². The number of hydrogen-bond acceptors (Lipinski definition) is 4. The summed E-state index contributed by atoms with van der Waals surface area (Å²) in [6, 6.07) is 0. The molecule has 1 unspecified atom stereocenters. The van der Waals surface area contributed by atoms with Crippen LogP contribution in [0.15, 0.2) is 0 Å². The fourth-order valence-corrected chi connectivity index (χ4v) is 1.68. The summed E-state index contributed by atoms with van der Waals surface area (Å²) in [7, 11) is 0. The molecule has 66 valence electrons. The third-order valence-electron chi connectivity index (χ3n) is 2.52. The third kappa shape index (κ3) is 0.722. The first kappa shape index (κ1) is 7.58. The van der Waals surface area contributed by atoms with Crippen molar-refractivity contribution in [3.8, 4) is 0 Å². The molecule has 0 bridgehead atoms. The predicted molar refractivity (Wildman–Crippen MR) is 38.1 cm³/mol. The van der Waals surface area contributed by atoms with Gasteiger partial charge in [-0.15, -0.1) is 0 Å². The number of esters is 2. The second-order valence-corrected chi connectivity index (χ2v) is 3.19. The van der Waals surface area contributed by atoms with E-state index in [-0.39, 0.29) is 5.92 Å². The average molecular weight is 170 g/mol. The van der Waals surface area contributed by atoms with E-state index in [1.165, 1.54) is 0 Å². The highest BCUT2D eigenvalue weighted by molar-refractivity contribution is 6.05. The molecule has 2 aliphatic rings. The molecule has 0 aromatic heterocycles. The van der Waals surface area contributed by atoms with Crippen LogP contribution < -0.4 is 0 Å². The number of ether oxygens (including phenoxy) is 2. The number of rotatable bonds is 2. The Kier molecular flexibility index (Phi) is 1.40. The first-order valence-corrected chi connectivity index (χ1v) is 4.06. The van der Waals surface area contributed by atoms with Crippen LogP contribution in [0.4, 0.5) is 0 Å². The fourth-order valence-electron chi connectivity index (χ4n) is 1.68. The quantitative estimate of drug-likeness (QED) is 0.436. The van der Waals surface area contributed by atoms with Crippen molar-refractivity contribution < 1.29 is 19.1 Å². The van der Waals surface area contributed by atoms with Crippen molar-refractivity contribution in [2.45, 2.75) is 13.3 Å². The van der Waals surface area contributed by atoms with Crippen LogP contribution in [0.5, 0.6) is 0 Å². The molecule has 0 spiro atoms. The maximum atomic E-state index is 11.3. The molecule has 0 amide bonds. The fraction of sp³-hybridized carbons (Fsp3) is 0.750. The average Bonchev–Trinajstić information content (AvgIpc) is 2.69. The standard InChI is InChI=1S/C8H10O4/c1-2-11-6(9)8-3-5(8)4-12-7(8)10/h5H,2-4H2,1H3/t5?,8-/m1/s1. The highest BCUT2D eigenvalue weighted by Crippen LogP contribution is 2.58. The van der Waals surface area contributed by atoms with Gasteiger partial charge in [0, 0.05) is 5.92 Å². The summed E-state index contributed by atoms with van der Waals surface area (Å²) in [6.45, 7) is 2.43. The summed E-state index contributed by atoms with van der Waals surface area (Å²) in [6.07, 6.45) is 0.616. The van der Waals surface area contributed by atoms with Gasteiger partial charge in [0.05, 0.1) is 13.2 Å². The molecule has 1 heterocycles. The van der Waals surface area contributed by atoms with Crippen LogP contribution in [-0.2, 0) is 19.1 Å². The van der Waals surface area contributed by atoms with E-state index < -0.39 is 17.4 Å². The Labute approximate surface area is 69.8 Å². The van der Waals surface area contributed by atoms with E-state index in [0.717, 1.165) is 0 Å². The second kappa shape index (κ2) is 2.21. The molecule has 2 fully saturated rings. The zero-order chi connectivity index (χ0) is 8.77. The third-order valence-corrected chi connectivity index (χ3v) is 2.52. The Morgan fingerprint density at radius 1 is 1.83 bits per heavy atom. The maximum Gasteiger partial charge on any atom is 0.323 e. The molecule has 4 heteroatoms. The van der Waals surface area contributed by atoms with Gasteiger partial charge in [-0.2, -0.15) is 0 Å². The lowest BCUT2D eigenvalue weighted by Gasteiger charge is -2.06. The highest BCUT2D eigenvalue weighted by Gasteiger charge is 2.72. The molecule has 0 aromatic carbocycles. The minimum Gasteiger partial charge on any atom is -0.465 e. The van der Waals surface area contributed by atoms with Crippen LogP contribution in [-0.4, -0.2) is 25.2 Å². The van der Waals surface area contributed by atoms with E-state index in [4.69, 9.17) is 9.47 Å². The zero-order valence-electron chi connectivity index (χ0n) is 6.83. The molecule has 1 aliphatic heterocycles. The number of cyclic esters (lactones) is 1. The van der Waals surface area contributed by atoms with Gasteiger partial charge in [0.25, 0.3) is 0 Å². The number of carbonyl (C=O) groups excluding carboxylic acids is 2. The molecule has 2 atom stereocenters. The van der Waals surface area contributed by atoms with Crippen LogP contribution in [0.25, 0.3) is 0 Å². The SMILES string of the molecule is CCOC(=O)[C@@]12CC1COC2=O. The van der Waals surface area contributed by atoms with Gasteiger partial charge in [-0.1, -0.05) is 0 Å². The minimum atomic E-state index is -0.893. The molecule has 1 aliphatic carbocycles. The van der Waals surface area contributed by atoms with E-state index in [1.807, 2.05) is 0 Å². The van der Waals surface area contributed by atoms with Crippen LogP contribution >= 0.6 is 0 Å². The van der Waals surface area contributed by atoms with Crippen LogP contribution in [0.3, 0.4) is 0 Å². The van der Waals surface area contributed by atoms with Gasteiger partial charge in [0.1, 0.15) is 0 Å². The molecule has 1 saturated carbocycles. The van der Waals surface area contributed by atoms with Gasteiger partial charge in [-0.25, -0.2) is 0 Å². The van der Waals surface area contributed by atoms with E-state index in [0.29, 0.717) is 19.6 Å². The van der Waals surface area contributed by atoms with Crippen molar-refractivity contribution >= 4 is 11.9 Å². The first-order chi connectivity index (χ1) is 5.71. The van der Waals surface area contributed by atoms with Gasteiger partial charge >= 0.3 is 11.9 Å². The molecule has 1 saturated heterocycles. The highest BCUT2D eigenvalue weighted by atomic mass is 16.6. The number of fused-ring (bicyclic) bond motifs is 1. The van der Waals surface area contributed by atoms with Crippen molar-refractivity contribution in [3.63, 3.8) is 0 Å². The molecular weight excluding hydrogens is 160 g/mol. The molecule has 12 heavy (non-hydrogen) atoms. The molecule has 2 rings (SSSR count). The molecule has 4 nitrogen and oxygen atoms in total. The summed E-state index contributed by atoms with van der Waals surface area (Å²) in [5, 5.41) is 0. The molecule has 0 aromatic rings. The van der Waals surface area contributed by atoms with Gasteiger partial charge in [0.15, 0.2) is 5.41 Å². The van der Waals surface area contributed by atoms with E-state index in [9.17, 15) is 9.59 Å². The largest absolute Gasteiger partial charge is 0.465 e. The molecular formula is C8H10O4.